The number of nitrogens with zero attached hydrogens (tertiary/aromatic N) is 1. The van der Waals surface area contributed by atoms with Gasteiger partial charge in [-0.05, 0) is 6.42 Å². The molecule has 0 aromatic heterocycles. The van der Waals surface area contributed by atoms with Crippen molar-refractivity contribution in [2.45, 2.75) is 39.2 Å². The molecule has 0 aromatic rings. The van der Waals surface area contributed by atoms with Crippen molar-refractivity contribution in [3.63, 3.8) is 0 Å². The van der Waals surface area contributed by atoms with Crippen LogP contribution in [0.2, 0.25) is 0 Å². The zero-order valence-electron chi connectivity index (χ0n) is 11.5. The normalized spacial score (nSPS) is 21.2. The zero-order valence-corrected chi connectivity index (χ0v) is 12.3. The lowest BCUT2D eigenvalue weighted by Gasteiger charge is -2.23. The van der Waals surface area contributed by atoms with E-state index in [1.165, 1.54) is 4.90 Å². The van der Waals surface area contributed by atoms with E-state index in [0.29, 0.717) is 13.0 Å². The number of rotatable bonds is 6. The average molecular weight is 290 g/mol. The summed E-state index contributed by atoms with van der Waals surface area (Å²) in [6.45, 7) is 4.00. The Morgan fingerprint density at radius 3 is 2.58 bits per heavy atom. The summed E-state index contributed by atoms with van der Waals surface area (Å²) in [7, 11) is -3.10. The van der Waals surface area contributed by atoms with Gasteiger partial charge in [0.15, 0.2) is 9.84 Å². The third-order valence-corrected chi connectivity index (χ3v) is 4.93. The molecule has 0 saturated carbocycles. The topological polar surface area (TPSA) is 83.6 Å². The molecule has 1 unspecified atom stereocenters. The van der Waals surface area contributed by atoms with Crippen LogP contribution in [0.3, 0.4) is 0 Å². The van der Waals surface area contributed by atoms with E-state index in [9.17, 15) is 18.0 Å². The van der Waals surface area contributed by atoms with Gasteiger partial charge in [-0.15, -0.1) is 0 Å². The highest BCUT2D eigenvalue weighted by Gasteiger charge is 2.29. The number of hydrogen-bond acceptors (Lipinski definition) is 4. The van der Waals surface area contributed by atoms with Crippen LogP contribution in [0.25, 0.3) is 0 Å². The van der Waals surface area contributed by atoms with Crippen LogP contribution < -0.4 is 5.32 Å². The predicted octanol–water partition coefficient (Wildman–Crippen LogP) is -0.0617. The maximum Gasteiger partial charge on any atom is 0.245 e. The Bertz CT molecular complexity index is 433. The first-order valence-corrected chi connectivity index (χ1v) is 8.50. The van der Waals surface area contributed by atoms with Crippen molar-refractivity contribution in [1.29, 1.82) is 0 Å². The maximum absolute atomic E-state index is 12.2. The van der Waals surface area contributed by atoms with Crippen molar-refractivity contribution in [2.75, 3.05) is 24.6 Å². The molecule has 0 spiro atoms. The van der Waals surface area contributed by atoms with Gasteiger partial charge in [-0.25, -0.2) is 8.42 Å². The van der Waals surface area contributed by atoms with E-state index in [0.717, 1.165) is 6.42 Å². The molecule has 1 atom stereocenters. The molecule has 6 nitrogen and oxygen atoms in total. The van der Waals surface area contributed by atoms with Crippen molar-refractivity contribution < 1.29 is 18.0 Å². The Hall–Kier alpha value is -1.11. The second kappa shape index (κ2) is 6.88. The fourth-order valence-electron chi connectivity index (χ4n) is 2.00. The summed E-state index contributed by atoms with van der Waals surface area (Å²) in [5, 5.41) is 2.69. The Kier molecular flexibility index (Phi) is 5.78. The van der Waals surface area contributed by atoms with Gasteiger partial charge in [0.25, 0.3) is 0 Å². The molecule has 1 rings (SSSR count). The van der Waals surface area contributed by atoms with Crippen molar-refractivity contribution in [2.24, 2.45) is 0 Å². The minimum atomic E-state index is -3.10. The van der Waals surface area contributed by atoms with Gasteiger partial charge in [0.1, 0.15) is 6.04 Å². The van der Waals surface area contributed by atoms with E-state index in [1.807, 2.05) is 6.92 Å². The van der Waals surface area contributed by atoms with Gasteiger partial charge < -0.3 is 10.2 Å². The van der Waals surface area contributed by atoms with Gasteiger partial charge in [0, 0.05) is 25.3 Å². The Morgan fingerprint density at radius 1 is 1.32 bits per heavy atom. The average Bonchev–Trinajstić information content (AvgIpc) is 2.49. The number of sulfone groups is 1. The van der Waals surface area contributed by atoms with Crippen molar-refractivity contribution in [1.82, 2.24) is 10.2 Å². The van der Waals surface area contributed by atoms with Gasteiger partial charge in [0.05, 0.1) is 5.75 Å². The van der Waals surface area contributed by atoms with Gasteiger partial charge in [-0.2, -0.15) is 0 Å². The summed E-state index contributed by atoms with van der Waals surface area (Å²) in [6, 6.07) is -0.510. The fraction of sp³-hybridized carbons (Fsp3) is 0.833. The molecule has 1 fully saturated rings. The molecular weight excluding hydrogens is 268 g/mol. The molecule has 110 valence electrons. The van der Waals surface area contributed by atoms with Crippen molar-refractivity contribution >= 4 is 21.7 Å². The molecule has 1 saturated heterocycles. The smallest absolute Gasteiger partial charge is 0.245 e. The fourth-order valence-corrected chi connectivity index (χ4v) is 2.78. The largest absolute Gasteiger partial charge is 0.344 e. The molecule has 19 heavy (non-hydrogen) atoms. The summed E-state index contributed by atoms with van der Waals surface area (Å²) in [5.74, 6) is -0.279. The van der Waals surface area contributed by atoms with Crippen LogP contribution in [0, 0.1) is 0 Å². The van der Waals surface area contributed by atoms with Crippen LogP contribution in [-0.2, 0) is 19.4 Å². The lowest BCUT2D eigenvalue weighted by molar-refractivity contribution is -0.133. The summed E-state index contributed by atoms with van der Waals surface area (Å²) < 4.78 is 23.0. The quantitative estimate of drug-likeness (QED) is 0.743. The van der Waals surface area contributed by atoms with Gasteiger partial charge in [0.2, 0.25) is 11.8 Å². The molecule has 1 N–H and O–H groups in total. The van der Waals surface area contributed by atoms with E-state index in [1.54, 1.807) is 6.92 Å². The molecule has 2 amide bonds. The Balaban J connectivity index is 2.70. The highest BCUT2D eigenvalue weighted by Crippen LogP contribution is 2.08. The van der Waals surface area contributed by atoms with E-state index >= 15 is 0 Å². The standard InChI is InChI=1S/C12H22N2O4S/c1-3-5-10-12(16)14(7-6-11(15)13-10)8-9-19(17,18)4-2/h10H,3-9H2,1-2H3,(H,13,15). The van der Waals surface area contributed by atoms with Crippen LogP contribution in [0.4, 0.5) is 0 Å². The van der Waals surface area contributed by atoms with Gasteiger partial charge >= 0.3 is 0 Å². The molecule has 1 aliphatic rings. The second-order valence-corrected chi connectivity index (χ2v) is 7.19. The molecule has 1 aliphatic heterocycles. The van der Waals surface area contributed by atoms with E-state index < -0.39 is 15.9 Å². The van der Waals surface area contributed by atoms with Crippen LogP contribution >= 0.6 is 0 Å². The molecule has 0 radical (unpaired) electrons. The Labute approximate surface area is 114 Å². The van der Waals surface area contributed by atoms with Crippen LogP contribution in [0.1, 0.15) is 33.1 Å². The number of carbonyl (C=O) groups is 2. The van der Waals surface area contributed by atoms with E-state index in [-0.39, 0.29) is 36.3 Å². The Morgan fingerprint density at radius 2 is 2.00 bits per heavy atom. The SMILES string of the molecule is CCCC1NC(=O)CCN(CCS(=O)(=O)CC)C1=O. The minimum absolute atomic E-state index is 0.0394. The first-order chi connectivity index (χ1) is 8.89. The number of amides is 2. The van der Waals surface area contributed by atoms with Crippen LogP contribution in [-0.4, -0.2) is 55.8 Å². The first-order valence-electron chi connectivity index (χ1n) is 6.68. The summed E-state index contributed by atoms with van der Waals surface area (Å²) in [5.41, 5.74) is 0. The maximum atomic E-state index is 12.2. The van der Waals surface area contributed by atoms with Crippen molar-refractivity contribution in [3.8, 4) is 0 Å². The third kappa shape index (κ3) is 4.81. The van der Waals surface area contributed by atoms with Crippen LogP contribution in [0.5, 0.6) is 0 Å². The van der Waals surface area contributed by atoms with Crippen LogP contribution in [0.15, 0.2) is 0 Å². The predicted molar refractivity (Wildman–Crippen MR) is 72.4 cm³/mol. The van der Waals surface area contributed by atoms with E-state index in [2.05, 4.69) is 5.32 Å². The lowest BCUT2D eigenvalue weighted by Crippen LogP contribution is -2.45. The molecule has 0 aromatic carbocycles. The molecule has 1 heterocycles. The second-order valence-electron chi connectivity index (χ2n) is 4.72. The molecule has 0 aliphatic carbocycles. The lowest BCUT2D eigenvalue weighted by atomic mass is 10.1. The summed E-state index contributed by atoms with van der Waals surface area (Å²) in [6.07, 6.45) is 1.61. The molecular formula is C12H22N2O4S. The highest BCUT2D eigenvalue weighted by molar-refractivity contribution is 7.91. The number of nitrogens with one attached hydrogen (secondary N) is 1. The zero-order chi connectivity index (χ0) is 14.5. The van der Waals surface area contributed by atoms with E-state index in [4.69, 9.17) is 0 Å². The van der Waals surface area contributed by atoms with Crippen molar-refractivity contribution in [3.05, 3.63) is 0 Å². The minimum Gasteiger partial charge on any atom is -0.344 e. The summed E-state index contributed by atoms with van der Waals surface area (Å²) in [4.78, 5) is 25.2. The number of carbonyl (C=O) groups excluding carboxylic acids is 2. The van der Waals surface area contributed by atoms with Gasteiger partial charge in [-0.1, -0.05) is 20.3 Å². The molecule has 0 bridgehead atoms. The summed E-state index contributed by atoms with van der Waals surface area (Å²) >= 11 is 0. The molecule has 7 heteroatoms. The number of hydrogen-bond donors (Lipinski definition) is 1. The monoisotopic (exact) mass is 290 g/mol. The first kappa shape index (κ1) is 15.9. The third-order valence-electron chi connectivity index (χ3n) is 3.24. The van der Waals surface area contributed by atoms with Gasteiger partial charge in [-0.3, -0.25) is 9.59 Å². The highest BCUT2D eigenvalue weighted by atomic mass is 32.2.